The molecule has 0 amide bonds. The second-order valence-electron chi connectivity index (χ2n) is 1.96. The fourth-order valence-electron chi connectivity index (χ4n) is 0.500. The van der Waals surface area contributed by atoms with Crippen LogP contribution in [0, 0.1) is 0 Å². The number of hydrogen-bond acceptors (Lipinski definition) is 6. The molecule has 0 saturated heterocycles. The van der Waals surface area contributed by atoms with Crippen molar-refractivity contribution in [2.24, 2.45) is 0 Å². The average molecular weight is 488 g/mol. The molecule has 123 valence electrons. The third-order valence-electron chi connectivity index (χ3n) is 0.994. The largest absolute Gasteiger partial charge is 3.00 e. The van der Waals surface area contributed by atoms with E-state index in [0.717, 1.165) is 0 Å². The van der Waals surface area contributed by atoms with E-state index < -0.39 is 0 Å². The zero-order valence-corrected chi connectivity index (χ0v) is 15.4. The van der Waals surface area contributed by atoms with Crippen LogP contribution in [0.5, 0.6) is 0 Å². The van der Waals surface area contributed by atoms with E-state index in [1.54, 1.807) is 0 Å². The standard InChI is InChI=1S/3C2H3N3.5ClH.Ru/c3*1-3-2-5-4-1;;;;;;/h3*1-2H,(H,3,4,5);5*1H;/q;;;;;;;;+3/p-3. The number of aromatic amines is 3. The molecule has 3 aromatic heterocycles. The van der Waals surface area contributed by atoms with Gasteiger partial charge >= 0.3 is 22.3 Å². The molecule has 3 N–H and O–H groups in total. The van der Waals surface area contributed by atoms with Crippen LogP contribution in [0.15, 0.2) is 38.0 Å². The Morgan fingerprint density at radius 1 is 0.524 bits per heavy atom. The summed E-state index contributed by atoms with van der Waals surface area (Å²) in [5.41, 5.74) is 0. The van der Waals surface area contributed by atoms with E-state index in [2.05, 4.69) is 45.5 Å². The molecule has 0 fully saturated rings. The molecule has 0 aromatic carbocycles. The zero-order chi connectivity index (χ0) is 10.6. The van der Waals surface area contributed by atoms with Crippen molar-refractivity contribution < 1.29 is 84.4 Å². The fraction of sp³-hybridized carbons (Fsp3) is 0. The predicted molar refractivity (Wildman–Crippen MR) is 51.4 cm³/mol. The topological polar surface area (TPSA) is 125 Å². The molecule has 0 bridgehead atoms. The van der Waals surface area contributed by atoms with Gasteiger partial charge in [-0.2, -0.15) is 15.3 Å². The van der Waals surface area contributed by atoms with E-state index in [1.807, 2.05) is 0 Å². The second kappa shape index (κ2) is 31.7. The Labute approximate surface area is 167 Å². The van der Waals surface area contributed by atoms with Crippen LogP contribution in [-0.2, 0) is 19.5 Å². The Hall–Kier alpha value is -0.507. The summed E-state index contributed by atoms with van der Waals surface area (Å²) in [6.45, 7) is 0. The molecule has 0 spiro atoms. The van der Waals surface area contributed by atoms with Crippen LogP contribution in [0.1, 0.15) is 2.85 Å². The molecule has 3 heterocycles. The van der Waals surface area contributed by atoms with Crippen molar-refractivity contribution in [2.45, 2.75) is 0 Å². The van der Waals surface area contributed by atoms with E-state index in [0.29, 0.717) is 0 Å². The summed E-state index contributed by atoms with van der Waals surface area (Å²) in [6.07, 6.45) is 8.88. The van der Waals surface area contributed by atoms with Gasteiger partial charge in [-0.05, 0) is 0 Å². The van der Waals surface area contributed by atoms with Crippen LogP contribution in [0.4, 0.5) is 0 Å². The minimum Gasteiger partial charge on any atom is -1.00 e. The van der Waals surface area contributed by atoms with Crippen LogP contribution in [0.25, 0.3) is 0 Å². The van der Waals surface area contributed by atoms with Crippen molar-refractivity contribution in [3.8, 4) is 0 Å². The number of H-pyrrole nitrogens is 3. The summed E-state index contributed by atoms with van der Waals surface area (Å²) in [5, 5.41) is 18.0. The maximum absolute atomic E-state index is 3.56. The van der Waals surface area contributed by atoms with Gasteiger partial charge in [0.1, 0.15) is 38.0 Å². The predicted octanol–water partition coefficient (Wildman–Crippen LogP) is -15.3. The molecule has 0 aliphatic rings. The first-order valence-corrected chi connectivity index (χ1v) is 3.86. The summed E-state index contributed by atoms with van der Waals surface area (Å²) >= 11 is 0. The summed E-state index contributed by atoms with van der Waals surface area (Å²) in [7, 11) is 0. The maximum atomic E-state index is 3.56. The van der Waals surface area contributed by atoms with Crippen LogP contribution in [-0.4, -0.2) is 45.5 Å². The molecular weight excluding hydrogens is 476 g/mol. The number of nitrogens with zero attached hydrogens (tertiary/aromatic N) is 6. The maximum Gasteiger partial charge on any atom is 3.00 e. The van der Waals surface area contributed by atoms with E-state index >= 15 is 0 Å². The number of aromatic nitrogens is 9. The molecule has 9 nitrogen and oxygen atoms in total. The average Bonchev–Trinajstić information content (AvgIpc) is 3.09. The quantitative estimate of drug-likeness (QED) is 0.271. The van der Waals surface area contributed by atoms with E-state index in [-0.39, 0.29) is 84.4 Å². The monoisotopic (exact) mass is 486 g/mol. The van der Waals surface area contributed by atoms with Gasteiger partial charge < -0.3 is 62.0 Å². The first kappa shape index (κ1) is 37.1. The Morgan fingerprint density at radius 2 is 0.762 bits per heavy atom. The number of halogens is 5. The molecule has 3 rings (SSSR count). The Balaban J connectivity index is -0.0000000208. The molecule has 21 heavy (non-hydrogen) atoms. The molecule has 0 unspecified atom stereocenters. The van der Waals surface area contributed by atoms with Crippen molar-refractivity contribution in [3.05, 3.63) is 38.0 Å². The van der Waals surface area contributed by atoms with Gasteiger partial charge in [0.25, 0.3) is 0 Å². The smallest absolute Gasteiger partial charge is 1.00 e. The minimum absolute atomic E-state index is 0. The normalized spacial score (nSPS) is 5.71. The summed E-state index contributed by atoms with van der Waals surface area (Å²) in [4.78, 5) is 10.7. The molecule has 3 aromatic rings. The van der Waals surface area contributed by atoms with Crippen molar-refractivity contribution in [2.75, 3.05) is 0 Å². The van der Waals surface area contributed by atoms with Crippen molar-refractivity contribution in [3.63, 3.8) is 0 Å². The van der Waals surface area contributed by atoms with E-state index in [1.165, 1.54) is 38.0 Å². The Morgan fingerprint density at radius 3 is 0.810 bits per heavy atom. The van der Waals surface area contributed by atoms with Gasteiger partial charge in [-0.15, -0.1) is 0 Å². The Bertz CT molecular complexity index is 278. The molecule has 15 heteroatoms. The number of nitrogens with one attached hydrogen (secondary N) is 3. The SMILES string of the molecule is [Cl-].[Cl-].[Cl-].[Cl-].[Cl-].[H+].[H+].[Ru+3].c1nc[nH]n1.c1nc[nH]n1.c1nc[nH]n1. The van der Waals surface area contributed by atoms with E-state index in [9.17, 15) is 0 Å². The third-order valence-corrected chi connectivity index (χ3v) is 0.994. The summed E-state index contributed by atoms with van der Waals surface area (Å²) in [6, 6.07) is 0. The fourth-order valence-corrected chi connectivity index (χ4v) is 0.500. The van der Waals surface area contributed by atoms with Crippen molar-refractivity contribution in [1.29, 1.82) is 0 Å². The zero-order valence-electron chi connectivity index (χ0n) is 11.9. The van der Waals surface area contributed by atoms with Gasteiger partial charge in [0, 0.05) is 0 Å². The molecule has 0 aliphatic carbocycles. The number of hydrogen-bond donors (Lipinski definition) is 3. The molecular formula is C6H11Cl5N9Ru. The van der Waals surface area contributed by atoms with Gasteiger partial charge in [0.05, 0.1) is 0 Å². The minimum atomic E-state index is 0. The summed E-state index contributed by atoms with van der Waals surface area (Å²) in [5.74, 6) is 0. The van der Waals surface area contributed by atoms with Crippen LogP contribution in [0.3, 0.4) is 0 Å². The van der Waals surface area contributed by atoms with Gasteiger partial charge in [0.15, 0.2) is 0 Å². The van der Waals surface area contributed by atoms with Crippen LogP contribution < -0.4 is 62.0 Å². The van der Waals surface area contributed by atoms with Gasteiger partial charge in [0.2, 0.25) is 0 Å². The van der Waals surface area contributed by atoms with Gasteiger partial charge in [-0.1, -0.05) is 0 Å². The number of rotatable bonds is 0. The molecule has 0 atom stereocenters. The van der Waals surface area contributed by atoms with Crippen molar-refractivity contribution in [1.82, 2.24) is 45.5 Å². The van der Waals surface area contributed by atoms with Crippen molar-refractivity contribution >= 4 is 0 Å². The second-order valence-corrected chi connectivity index (χ2v) is 1.96. The molecule has 1 radical (unpaired) electrons. The first-order chi connectivity index (χ1) is 7.50. The van der Waals surface area contributed by atoms with Gasteiger partial charge in [-0.3, -0.25) is 15.3 Å². The summed E-state index contributed by atoms with van der Waals surface area (Å²) < 4.78 is 0. The van der Waals surface area contributed by atoms with Crippen LogP contribution in [0.2, 0.25) is 0 Å². The molecule has 0 aliphatic heterocycles. The third kappa shape index (κ3) is 28.4. The first-order valence-electron chi connectivity index (χ1n) is 3.86. The van der Waals surface area contributed by atoms with Crippen LogP contribution >= 0.6 is 0 Å². The molecule has 0 saturated carbocycles. The Kier molecular flexibility index (Phi) is 56.0. The van der Waals surface area contributed by atoms with Gasteiger partial charge in [-0.25, -0.2) is 15.0 Å². The van der Waals surface area contributed by atoms with E-state index in [4.69, 9.17) is 0 Å².